The lowest BCUT2D eigenvalue weighted by atomic mass is 10.2. The van der Waals surface area contributed by atoms with Crippen molar-refractivity contribution in [2.75, 3.05) is 7.11 Å². The van der Waals surface area contributed by atoms with E-state index in [4.69, 9.17) is 4.74 Å². The molecule has 0 unspecified atom stereocenters. The first-order valence-corrected chi connectivity index (χ1v) is 4.69. The molecule has 3 heteroatoms. The number of hydrogen-bond donors (Lipinski definition) is 0. The molecule has 0 aliphatic rings. The van der Waals surface area contributed by atoms with E-state index < -0.39 is 0 Å². The summed E-state index contributed by atoms with van der Waals surface area (Å²) in [6.45, 7) is 0. The highest BCUT2D eigenvalue weighted by Gasteiger charge is 2.01. The second-order valence-electron chi connectivity index (χ2n) is 2.10. The Hall–Kier alpha value is -0.320. The van der Waals surface area contributed by atoms with Crippen molar-refractivity contribution < 1.29 is 9.13 Å². The van der Waals surface area contributed by atoms with Crippen LogP contribution in [0.2, 0.25) is 0 Å². The predicted octanol–water partition coefficient (Wildman–Crippen LogP) is 2.77. The van der Waals surface area contributed by atoms with Gasteiger partial charge < -0.3 is 4.74 Å². The standard InChI is InChI=1S/C8H8FIO/c1-11-8-3-2-6(5-10)4-7(8)9/h2-4H,5H2,1H3. The van der Waals surface area contributed by atoms with E-state index in [-0.39, 0.29) is 5.82 Å². The molecule has 0 aromatic heterocycles. The Kier molecular flexibility index (Phi) is 3.11. The van der Waals surface area contributed by atoms with Gasteiger partial charge in [-0.05, 0) is 17.7 Å². The van der Waals surface area contributed by atoms with E-state index in [1.165, 1.54) is 13.2 Å². The number of alkyl halides is 1. The van der Waals surface area contributed by atoms with Crippen LogP contribution in [0.1, 0.15) is 5.56 Å². The molecule has 0 saturated heterocycles. The Labute approximate surface area is 78.7 Å². The molecule has 0 spiro atoms. The minimum Gasteiger partial charge on any atom is -0.494 e. The average Bonchev–Trinajstić information content (AvgIpc) is 2.04. The van der Waals surface area contributed by atoms with E-state index in [0.29, 0.717) is 5.75 Å². The van der Waals surface area contributed by atoms with Crippen LogP contribution in [0.4, 0.5) is 4.39 Å². The molecular formula is C8H8FIO. The molecule has 1 aromatic carbocycles. The van der Waals surface area contributed by atoms with Gasteiger partial charge in [0.1, 0.15) is 0 Å². The number of halogens is 2. The van der Waals surface area contributed by atoms with Gasteiger partial charge >= 0.3 is 0 Å². The minimum absolute atomic E-state index is 0.290. The van der Waals surface area contributed by atoms with Gasteiger partial charge in [-0.2, -0.15) is 0 Å². The van der Waals surface area contributed by atoms with Crippen molar-refractivity contribution in [3.63, 3.8) is 0 Å². The summed E-state index contributed by atoms with van der Waals surface area (Å²) in [6.07, 6.45) is 0. The lowest BCUT2D eigenvalue weighted by Crippen LogP contribution is -1.88. The van der Waals surface area contributed by atoms with Crippen molar-refractivity contribution in [1.29, 1.82) is 0 Å². The van der Waals surface area contributed by atoms with E-state index in [1.54, 1.807) is 6.07 Å². The fraction of sp³-hybridized carbons (Fsp3) is 0.250. The maximum absolute atomic E-state index is 12.9. The third kappa shape index (κ3) is 2.05. The highest BCUT2D eigenvalue weighted by atomic mass is 127. The molecule has 0 N–H and O–H groups in total. The highest BCUT2D eigenvalue weighted by molar-refractivity contribution is 14.1. The lowest BCUT2D eigenvalue weighted by Gasteiger charge is -2.01. The molecule has 0 bridgehead atoms. The van der Waals surface area contributed by atoms with Gasteiger partial charge in [-0.1, -0.05) is 28.7 Å². The molecule has 1 rings (SSSR count). The molecule has 0 radical (unpaired) electrons. The van der Waals surface area contributed by atoms with Gasteiger partial charge in [0.2, 0.25) is 0 Å². The van der Waals surface area contributed by atoms with Crippen molar-refractivity contribution >= 4 is 22.6 Å². The van der Waals surface area contributed by atoms with E-state index in [1.807, 2.05) is 6.07 Å². The molecule has 0 fully saturated rings. The molecule has 0 saturated carbocycles. The number of benzene rings is 1. The summed E-state index contributed by atoms with van der Waals surface area (Å²) in [5.74, 6) is 0.0141. The molecule has 0 heterocycles. The molecule has 60 valence electrons. The van der Waals surface area contributed by atoms with E-state index >= 15 is 0 Å². The zero-order valence-corrected chi connectivity index (χ0v) is 8.26. The third-order valence-electron chi connectivity index (χ3n) is 1.37. The Morgan fingerprint density at radius 2 is 2.27 bits per heavy atom. The summed E-state index contributed by atoms with van der Waals surface area (Å²) in [7, 11) is 1.46. The fourth-order valence-electron chi connectivity index (χ4n) is 0.793. The lowest BCUT2D eigenvalue weighted by molar-refractivity contribution is 0.386. The highest BCUT2D eigenvalue weighted by Crippen LogP contribution is 2.18. The van der Waals surface area contributed by atoms with E-state index in [9.17, 15) is 4.39 Å². The Morgan fingerprint density at radius 1 is 1.55 bits per heavy atom. The molecule has 11 heavy (non-hydrogen) atoms. The van der Waals surface area contributed by atoms with Crippen LogP contribution < -0.4 is 4.74 Å². The third-order valence-corrected chi connectivity index (χ3v) is 2.25. The number of rotatable bonds is 2. The summed E-state index contributed by atoms with van der Waals surface area (Å²) >= 11 is 2.19. The van der Waals surface area contributed by atoms with Crippen LogP contribution in [0, 0.1) is 5.82 Å². The van der Waals surface area contributed by atoms with E-state index in [2.05, 4.69) is 22.6 Å². The monoisotopic (exact) mass is 266 g/mol. The molecule has 1 aromatic rings. The number of ether oxygens (including phenoxy) is 1. The van der Waals surface area contributed by atoms with Gasteiger partial charge in [-0.3, -0.25) is 0 Å². The zero-order valence-electron chi connectivity index (χ0n) is 6.10. The summed E-state index contributed by atoms with van der Waals surface area (Å²) < 4.78 is 18.5. The first-order valence-electron chi connectivity index (χ1n) is 3.16. The second kappa shape index (κ2) is 3.90. The van der Waals surface area contributed by atoms with Gasteiger partial charge in [0.05, 0.1) is 7.11 Å². The quantitative estimate of drug-likeness (QED) is 0.590. The van der Waals surface area contributed by atoms with Crippen molar-refractivity contribution in [2.24, 2.45) is 0 Å². The summed E-state index contributed by atoms with van der Waals surface area (Å²) in [4.78, 5) is 0. The van der Waals surface area contributed by atoms with Crippen LogP contribution in [0.5, 0.6) is 5.75 Å². The maximum Gasteiger partial charge on any atom is 0.165 e. The molecular weight excluding hydrogens is 258 g/mol. The first kappa shape index (κ1) is 8.77. The topological polar surface area (TPSA) is 9.23 Å². The fourth-order valence-corrected chi connectivity index (χ4v) is 1.27. The largest absolute Gasteiger partial charge is 0.494 e. The van der Waals surface area contributed by atoms with Gasteiger partial charge in [0, 0.05) is 4.43 Å². The Bertz CT molecular complexity index is 250. The second-order valence-corrected chi connectivity index (χ2v) is 2.87. The summed E-state index contributed by atoms with van der Waals surface area (Å²) in [6, 6.07) is 4.99. The van der Waals surface area contributed by atoms with Crippen LogP contribution in [0.15, 0.2) is 18.2 Å². The number of hydrogen-bond acceptors (Lipinski definition) is 1. The van der Waals surface area contributed by atoms with Crippen LogP contribution in [-0.4, -0.2) is 7.11 Å². The molecule has 0 atom stereocenters. The van der Waals surface area contributed by atoms with Crippen LogP contribution >= 0.6 is 22.6 Å². The predicted molar refractivity (Wildman–Crippen MR) is 50.7 cm³/mol. The van der Waals surface area contributed by atoms with Crippen LogP contribution in [-0.2, 0) is 4.43 Å². The van der Waals surface area contributed by atoms with Crippen molar-refractivity contribution in [3.05, 3.63) is 29.6 Å². The zero-order chi connectivity index (χ0) is 8.27. The summed E-state index contributed by atoms with van der Waals surface area (Å²) in [5.41, 5.74) is 0.976. The number of methoxy groups -OCH3 is 1. The van der Waals surface area contributed by atoms with Gasteiger partial charge in [0.25, 0.3) is 0 Å². The molecule has 1 nitrogen and oxygen atoms in total. The average molecular weight is 266 g/mol. The molecule has 0 aliphatic carbocycles. The SMILES string of the molecule is COc1ccc(CI)cc1F. The van der Waals surface area contributed by atoms with Gasteiger partial charge in [0.15, 0.2) is 11.6 Å². The van der Waals surface area contributed by atoms with Crippen molar-refractivity contribution in [1.82, 2.24) is 0 Å². The Morgan fingerprint density at radius 3 is 2.73 bits per heavy atom. The van der Waals surface area contributed by atoms with Crippen LogP contribution in [0.3, 0.4) is 0 Å². The van der Waals surface area contributed by atoms with Crippen molar-refractivity contribution in [3.8, 4) is 5.75 Å². The summed E-state index contributed by atoms with van der Waals surface area (Å²) in [5, 5.41) is 0. The Balaban J connectivity index is 2.99. The maximum atomic E-state index is 12.9. The molecule has 0 amide bonds. The van der Waals surface area contributed by atoms with Gasteiger partial charge in [-0.15, -0.1) is 0 Å². The van der Waals surface area contributed by atoms with Crippen LogP contribution in [0.25, 0.3) is 0 Å². The first-order chi connectivity index (χ1) is 5.27. The molecule has 0 aliphatic heterocycles. The van der Waals surface area contributed by atoms with Crippen molar-refractivity contribution in [2.45, 2.75) is 4.43 Å². The van der Waals surface area contributed by atoms with Gasteiger partial charge in [-0.25, -0.2) is 4.39 Å². The van der Waals surface area contributed by atoms with E-state index in [0.717, 1.165) is 9.99 Å². The smallest absolute Gasteiger partial charge is 0.165 e. The minimum atomic E-state index is -0.290. The normalized spacial score (nSPS) is 9.73.